The minimum absolute atomic E-state index is 0.0643. The van der Waals surface area contributed by atoms with Gasteiger partial charge in [0.2, 0.25) is 0 Å². The summed E-state index contributed by atoms with van der Waals surface area (Å²) in [5.41, 5.74) is 5.60. The second-order valence-corrected chi connectivity index (χ2v) is 4.18. The molecule has 0 radical (unpaired) electrons. The lowest BCUT2D eigenvalue weighted by molar-refractivity contribution is 0.222. The maximum absolute atomic E-state index is 11.2. The Morgan fingerprint density at radius 1 is 1.54 bits per heavy atom. The van der Waals surface area contributed by atoms with E-state index in [0.717, 1.165) is 19.4 Å². The second kappa shape index (κ2) is 4.46. The van der Waals surface area contributed by atoms with Gasteiger partial charge in [0.25, 0.3) is 0 Å². The average Bonchev–Trinajstić information content (AvgIpc) is 1.98. The first-order valence-electron chi connectivity index (χ1n) is 4.88. The Morgan fingerprint density at radius 3 is 2.62 bits per heavy atom. The van der Waals surface area contributed by atoms with Gasteiger partial charge in [-0.3, -0.25) is 0 Å². The summed E-state index contributed by atoms with van der Waals surface area (Å²) in [5, 5.41) is 5.68. The van der Waals surface area contributed by atoms with Crippen LogP contribution in [0, 0.1) is 5.92 Å². The van der Waals surface area contributed by atoms with Gasteiger partial charge in [-0.15, -0.1) is 0 Å². The molecule has 0 spiro atoms. The zero-order chi connectivity index (χ0) is 9.84. The number of hydrogen-bond acceptors (Lipinski definition) is 2. The first kappa shape index (κ1) is 10.3. The van der Waals surface area contributed by atoms with E-state index >= 15 is 0 Å². The highest BCUT2D eigenvalue weighted by Gasteiger charge is 2.26. The highest BCUT2D eigenvalue weighted by Crippen LogP contribution is 2.16. The van der Waals surface area contributed by atoms with Crippen molar-refractivity contribution >= 4 is 6.03 Å². The molecular formula is C9H19N3O. The minimum Gasteiger partial charge on any atom is -0.338 e. The summed E-state index contributed by atoms with van der Waals surface area (Å²) in [6.07, 6.45) is 1.82. The minimum atomic E-state index is -0.0643. The zero-order valence-corrected chi connectivity index (χ0v) is 8.34. The molecule has 13 heavy (non-hydrogen) atoms. The maximum Gasteiger partial charge on any atom is 0.315 e. The van der Waals surface area contributed by atoms with E-state index in [1.165, 1.54) is 0 Å². The Bertz CT molecular complexity index is 176. The van der Waals surface area contributed by atoms with Crippen LogP contribution in [0.5, 0.6) is 0 Å². The van der Waals surface area contributed by atoms with Crippen molar-refractivity contribution in [2.75, 3.05) is 6.54 Å². The molecule has 0 aliphatic heterocycles. The normalized spacial score (nSPS) is 26.8. The molecule has 0 unspecified atom stereocenters. The van der Waals surface area contributed by atoms with Crippen molar-refractivity contribution in [3.8, 4) is 0 Å². The van der Waals surface area contributed by atoms with Crippen molar-refractivity contribution in [2.24, 2.45) is 11.7 Å². The lowest BCUT2D eigenvalue weighted by atomic mass is 9.88. The molecule has 4 nitrogen and oxygen atoms in total. The molecule has 4 heteroatoms. The van der Waals surface area contributed by atoms with Gasteiger partial charge in [-0.1, -0.05) is 13.8 Å². The summed E-state index contributed by atoms with van der Waals surface area (Å²) in [5.74, 6) is 0.495. The van der Waals surface area contributed by atoms with Gasteiger partial charge in [-0.05, 0) is 18.8 Å². The summed E-state index contributed by atoms with van der Waals surface area (Å²) < 4.78 is 0. The van der Waals surface area contributed by atoms with Gasteiger partial charge in [-0.2, -0.15) is 0 Å². The molecule has 1 fully saturated rings. The molecule has 0 aromatic heterocycles. The van der Waals surface area contributed by atoms with Crippen molar-refractivity contribution < 1.29 is 4.79 Å². The Hall–Kier alpha value is -0.770. The fourth-order valence-corrected chi connectivity index (χ4v) is 1.31. The van der Waals surface area contributed by atoms with Crippen molar-refractivity contribution in [3.63, 3.8) is 0 Å². The number of nitrogens with two attached hydrogens (primary N) is 1. The van der Waals surface area contributed by atoms with Gasteiger partial charge < -0.3 is 16.4 Å². The van der Waals surface area contributed by atoms with Gasteiger partial charge >= 0.3 is 6.03 Å². The van der Waals surface area contributed by atoms with Crippen molar-refractivity contribution in [1.82, 2.24) is 10.6 Å². The van der Waals surface area contributed by atoms with E-state index in [0.29, 0.717) is 12.0 Å². The highest BCUT2D eigenvalue weighted by atomic mass is 16.2. The fraction of sp³-hybridized carbons (Fsp3) is 0.889. The maximum atomic E-state index is 11.2. The molecule has 1 aliphatic rings. The number of carbonyl (C=O) groups excluding carboxylic acids is 1. The van der Waals surface area contributed by atoms with Crippen LogP contribution in [0.15, 0.2) is 0 Å². The van der Waals surface area contributed by atoms with Crippen LogP contribution in [-0.4, -0.2) is 24.7 Å². The zero-order valence-electron chi connectivity index (χ0n) is 8.34. The molecule has 0 atom stereocenters. The fourth-order valence-electron chi connectivity index (χ4n) is 1.31. The number of nitrogens with one attached hydrogen (secondary N) is 2. The SMILES string of the molecule is CC(C)CNC(=O)NC1CC(N)C1. The first-order valence-corrected chi connectivity index (χ1v) is 4.88. The van der Waals surface area contributed by atoms with Crippen molar-refractivity contribution in [2.45, 2.75) is 38.8 Å². The molecule has 0 aromatic carbocycles. The topological polar surface area (TPSA) is 67.2 Å². The third-order valence-corrected chi connectivity index (χ3v) is 2.18. The van der Waals surface area contributed by atoms with E-state index in [4.69, 9.17) is 5.73 Å². The van der Waals surface area contributed by atoms with Crippen LogP contribution in [0.2, 0.25) is 0 Å². The molecule has 1 saturated carbocycles. The molecule has 0 bridgehead atoms. The summed E-state index contributed by atoms with van der Waals surface area (Å²) >= 11 is 0. The van der Waals surface area contributed by atoms with Gasteiger partial charge in [0, 0.05) is 18.6 Å². The van der Waals surface area contributed by atoms with Crippen LogP contribution in [0.1, 0.15) is 26.7 Å². The standard InChI is InChI=1S/C9H19N3O/c1-6(2)5-11-9(13)12-8-3-7(10)4-8/h6-8H,3-5,10H2,1-2H3,(H2,11,12,13). The third-order valence-electron chi connectivity index (χ3n) is 2.18. The van der Waals surface area contributed by atoms with Crippen LogP contribution in [0.3, 0.4) is 0 Å². The summed E-state index contributed by atoms with van der Waals surface area (Å²) in [6.45, 7) is 4.86. The Balaban J connectivity index is 2.05. The van der Waals surface area contributed by atoms with E-state index in [-0.39, 0.29) is 12.1 Å². The molecule has 0 saturated heterocycles. The van der Waals surface area contributed by atoms with Gasteiger partial charge in [0.1, 0.15) is 0 Å². The predicted octanol–water partition coefficient (Wildman–Crippen LogP) is 0.431. The lowest BCUT2D eigenvalue weighted by Gasteiger charge is -2.32. The van der Waals surface area contributed by atoms with E-state index in [1.54, 1.807) is 0 Å². The van der Waals surface area contributed by atoms with Gasteiger partial charge in [0.15, 0.2) is 0 Å². The Morgan fingerprint density at radius 2 is 2.15 bits per heavy atom. The van der Waals surface area contributed by atoms with Crippen molar-refractivity contribution in [3.05, 3.63) is 0 Å². The first-order chi connectivity index (χ1) is 6.08. The molecule has 0 aromatic rings. The largest absolute Gasteiger partial charge is 0.338 e. The Kier molecular flexibility index (Phi) is 3.54. The lowest BCUT2D eigenvalue weighted by Crippen LogP contribution is -2.53. The van der Waals surface area contributed by atoms with Crippen LogP contribution < -0.4 is 16.4 Å². The molecule has 2 amide bonds. The van der Waals surface area contributed by atoms with Gasteiger partial charge in [-0.25, -0.2) is 4.79 Å². The van der Waals surface area contributed by atoms with Crippen LogP contribution in [-0.2, 0) is 0 Å². The molecule has 4 N–H and O–H groups in total. The average molecular weight is 185 g/mol. The van der Waals surface area contributed by atoms with E-state index in [9.17, 15) is 4.79 Å². The molecule has 1 rings (SSSR count). The van der Waals surface area contributed by atoms with E-state index < -0.39 is 0 Å². The van der Waals surface area contributed by atoms with Crippen molar-refractivity contribution in [1.29, 1.82) is 0 Å². The van der Waals surface area contributed by atoms with Crippen LogP contribution in [0.25, 0.3) is 0 Å². The number of amides is 2. The smallest absolute Gasteiger partial charge is 0.315 e. The predicted molar refractivity (Wildman–Crippen MR) is 52.4 cm³/mol. The van der Waals surface area contributed by atoms with E-state index in [2.05, 4.69) is 24.5 Å². The molecule has 76 valence electrons. The quantitative estimate of drug-likeness (QED) is 0.597. The summed E-state index contributed by atoms with van der Waals surface area (Å²) in [6, 6.07) is 0.517. The molecular weight excluding hydrogens is 166 g/mol. The highest BCUT2D eigenvalue weighted by molar-refractivity contribution is 5.74. The third kappa shape index (κ3) is 3.63. The number of hydrogen-bond donors (Lipinski definition) is 3. The Labute approximate surface area is 79.3 Å². The van der Waals surface area contributed by atoms with Crippen LogP contribution >= 0.6 is 0 Å². The second-order valence-electron chi connectivity index (χ2n) is 4.18. The van der Waals surface area contributed by atoms with Gasteiger partial charge in [0.05, 0.1) is 0 Å². The summed E-state index contributed by atoms with van der Waals surface area (Å²) in [7, 11) is 0. The number of carbonyl (C=O) groups is 1. The molecule has 1 aliphatic carbocycles. The number of urea groups is 1. The van der Waals surface area contributed by atoms with E-state index in [1.807, 2.05) is 0 Å². The van der Waals surface area contributed by atoms with Crippen LogP contribution in [0.4, 0.5) is 4.79 Å². The molecule has 0 heterocycles. The monoisotopic (exact) mass is 185 g/mol. The number of rotatable bonds is 3. The summed E-state index contributed by atoms with van der Waals surface area (Å²) in [4.78, 5) is 11.2.